The molecule has 1 amide bonds. The van der Waals surface area contributed by atoms with Crippen molar-refractivity contribution in [1.82, 2.24) is 5.32 Å². The highest BCUT2D eigenvalue weighted by Gasteiger charge is 2.01. The van der Waals surface area contributed by atoms with Crippen LogP contribution in [0.25, 0.3) is 6.08 Å². The Hall–Kier alpha value is -2.13. The van der Waals surface area contributed by atoms with E-state index in [4.69, 9.17) is 11.6 Å². The van der Waals surface area contributed by atoms with Crippen LogP contribution in [0.2, 0.25) is 5.02 Å². The molecule has 0 aliphatic carbocycles. The van der Waals surface area contributed by atoms with E-state index < -0.39 is 0 Å². The number of carbonyl (C=O) groups is 1. The van der Waals surface area contributed by atoms with Crippen molar-refractivity contribution in [2.24, 2.45) is 0 Å². The lowest BCUT2D eigenvalue weighted by Gasteiger charge is -2.04. The van der Waals surface area contributed by atoms with Crippen molar-refractivity contribution in [3.8, 4) is 0 Å². The Morgan fingerprint density at radius 3 is 2.60 bits per heavy atom. The van der Waals surface area contributed by atoms with Crippen molar-refractivity contribution >= 4 is 23.6 Å². The second kappa shape index (κ2) is 6.87. The molecule has 2 nitrogen and oxygen atoms in total. The first kappa shape index (κ1) is 14.3. The van der Waals surface area contributed by atoms with E-state index in [1.54, 1.807) is 24.3 Å². The predicted octanol–water partition coefficient (Wildman–Crippen LogP) is 3.81. The fraction of sp³-hybridized carbons (Fsp3) is 0.0625. The number of hydrogen-bond donors (Lipinski definition) is 1. The summed E-state index contributed by atoms with van der Waals surface area (Å²) in [5, 5.41) is 3.30. The first-order chi connectivity index (χ1) is 9.66. The summed E-state index contributed by atoms with van der Waals surface area (Å²) in [6.45, 7) is 0.333. The van der Waals surface area contributed by atoms with Crippen LogP contribution in [0.4, 0.5) is 4.39 Å². The van der Waals surface area contributed by atoms with Crippen LogP contribution < -0.4 is 5.32 Å². The van der Waals surface area contributed by atoms with E-state index in [2.05, 4.69) is 5.32 Å². The molecular formula is C16H13ClFNO. The highest BCUT2D eigenvalue weighted by molar-refractivity contribution is 6.31. The molecule has 0 aliphatic rings. The maximum atomic E-state index is 13.3. The number of amides is 1. The molecule has 0 fully saturated rings. The van der Waals surface area contributed by atoms with Gasteiger partial charge in [0, 0.05) is 23.2 Å². The van der Waals surface area contributed by atoms with Gasteiger partial charge in [-0.15, -0.1) is 0 Å². The van der Waals surface area contributed by atoms with Gasteiger partial charge in [-0.25, -0.2) is 4.39 Å². The fourth-order valence-electron chi connectivity index (χ4n) is 1.66. The quantitative estimate of drug-likeness (QED) is 0.852. The van der Waals surface area contributed by atoms with E-state index in [1.165, 1.54) is 18.2 Å². The summed E-state index contributed by atoms with van der Waals surface area (Å²) in [4.78, 5) is 11.6. The Balaban J connectivity index is 1.93. The molecule has 2 aromatic rings. The molecule has 0 bridgehead atoms. The van der Waals surface area contributed by atoms with Crippen molar-refractivity contribution in [3.63, 3.8) is 0 Å². The van der Waals surface area contributed by atoms with Gasteiger partial charge in [0.15, 0.2) is 0 Å². The van der Waals surface area contributed by atoms with Crippen LogP contribution >= 0.6 is 11.6 Å². The third kappa shape index (κ3) is 3.93. The van der Waals surface area contributed by atoms with Crippen LogP contribution in [-0.2, 0) is 11.3 Å². The molecule has 2 rings (SSSR count). The van der Waals surface area contributed by atoms with Crippen LogP contribution in [0.3, 0.4) is 0 Å². The Bertz CT molecular complexity index is 640. The summed E-state index contributed by atoms with van der Waals surface area (Å²) < 4.78 is 13.3. The minimum Gasteiger partial charge on any atom is -0.348 e. The largest absolute Gasteiger partial charge is 0.348 e. The van der Waals surface area contributed by atoms with Crippen molar-refractivity contribution in [1.29, 1.82) is 0 Å². The molecule has 0 aromatic heterocycles. The molecule has 2 aromatic carbocycles. The predicted molar refractivity (Wildman–Crippen MR) is 78.7 cm³/mol. The van der Waals surface area contributed by atoms with Gasteiger partial charge in [-0.3, -0.25) is 4.79 Å². The van der Waals surface area contributed by atoms with E-state index in [-0.39, 0.29) is 11.7 Å². The SMILES string of the molecule is O=C(/C=C/c1ccccc1F)NCc1ccccc1Cl. The molecule has 102 valence electrons. The van der Waals surface area contributed by atoms with Crippen molar-refractivity contribution in [3.05, 3.63) is 76.6 Å². The normalized spacial score (nSPS) is 10.7. The molecule has 20 heavy (non-hydrogen) atoms. The Morgan fingerprint density at radius 1 is 1.15 bits per heavy atom. The molecule has 4 heteroatoms. The minimum atomic E-state index is -0.359. The summed E-state index contributed by atoms with van der Waals surface area (Å²) in [5.74, 6) is -0.657. The van der Waals surface area contributed by atoms with Crippen molar-refractivity contribution in [2.45, 2.75) is 6.54 Å². The van der Waals surface area contributed by atoms with Crippen LogP contribution in [0.15, 0.2) is 54.6 Å². The number of benzene rings is 2. The minimum absolute atomic E-state index is 0.298. The fourth-order valence-corrected chi connectivity index (χ4v) is 1.86. The zero-order valence-electron chi connectivity index (χ0n) is 10.6. The maximum absolute atomic E-state index is 13.3. The molecule has 0 heterocycles. The second-order valence-corrected chi connectivity index (χ2v) is 4.57. The lowest BCUT2D eigenvalue weighted by Crippen LogP contribution is -2.20. The average Bonchev–Trinajstić information content (AvgIpc) is 2.45. The lowest BCUT2D eigenvalue weighted by molar-refractivity contribution is -0.116. The van der Waals surface area contributed by atoms with E-state index in [0.29, 0.717) is 17.1 Å². The molecule has 1 N–H and O–H groups in total. The smallest absolute Gasteiger partial charge is 0.244 e. The van der Waals surface area contributed by atoms with Gasteiger partial charge in [0.05, 0.1) is 0 Å². The van der Waals surface area contributed by atoms with Crippen molar-refractivity contribution in [2.75, 3.05) is 0 Å². The van der Waals surface area contributed by atoms with Gasteiger partial charge < -0.3 is 5.32 Å². The van der Waals surface area contributed by atoms with Crippen LogP contribution in [0.1, 0.15) is 11.1 Å². The summed E-state index contributed by atoms with van der Waals surface area (Å²) in [6, 6.07) is 13.5. The van der Waals surface area contributed by atoms with Gasteiger partial charge in [0.1, 0.15) is 5.82 Å². The number of nitrogens with one attached hydrogen (secondary N) is 1. The molecule has 0 aliphatic heterocycles. The topological polar surface area (TPSA) is 29.1 Å². The van der Waals surface area contributed by atoms with Gasteiger partial charge in [0.25, 0.3) is 0 Å². The van der Waals surface area contributed by atoms with Gasteiger partial charge in [-0.1, -0.05) is 48.0 Å². The highest BCUT2D eigenvalue weighted by atomic mass is 35.5. The monoisotopic (exact) mass is 289 g/mol. The summed E-state index contributed by atoms with van der Waals surface area (Å²) in [5.41, 5.74) is 1.21. The summed E-state index contributed by atoms with van der Waals surface area (Å²) >= 11 is 5.98. The maximum Gasteiger partial charge on any atom is 0.244 e. The molecule has 0 saturated carbocycles. The van der Waals surface area contributed by atoms with Crippen molar-refractivity contribution < 1.29 is 9.18 Å². The first-order valence-electron chi connectivity index (χ1n) is 6.10. The van der Waals surface area contributed by atoms with E-state index >= 15 is 0 Å². The molecule has 0 spiro atoms. The highest BCUT2D eigenvalue weighted by Crippen LogP contribution is 2.14. The lowest BCUT2D eigenvalue weighted by atomic mass is 10.2. The van der Waals surface area contributed by atoms with E-state index in [0.717, 1.165) is 5.56 Å². The third-order valence-corrected chi connectivity index (χ3v) is 3.10. The zero-order chi connectivity index (χ0) is 14.4. The number of hydrogen-bond acceptors (Lipinski definition) is 1. The van der Waals surface area contributed by atoms with E-state index in [1.807, 2.05) is 18.2 Å². The Labute approximate surface area is 121 Å². The van der Waals surface area contributed by atoms with Gasteiger partial charge >= 0.3 is 0 Å². The van der Waals surface area contributed by atoms with Crippen LogP contribution in [0.5, 0.6) is 0 Å². The molecule has 0 atom stereocenters. The summed E-state index contributed by atoms with van der Waals surface area (Å²) in [6.07, 6.45) is 2.74. The van der Waals surface area contributed by atoms with E-state index in [9.17, 15) is 9.18 Å². The van der Waals surface area contributed by atoms with Gasteiger partial charge in [0.2, 0.25) is 5.91 Å². The Kier molecular flexibility index (Phi) is 4.91. The Morgan fingerprint density at radius 2 is 1.85 bits per heavy atom. The van der Waals surface area contributed by atoms with Crippen LogP contribution in [0, 0.1) is 5.82 Å². The first-order valence-corrected chi connectivity index (χ1v) is 6.48. The second-order valence-electron chi connectivity index (χ2n) is 4.16. The van der Waals surface area contributed by atoms with Crippen LogP contribution in [-0.4, -0.2) is 5.91 Å². The molecule has 0 radical (unpaired) electrons. The van der Waals surface area contributed by atoms with Gasteiger partial charge in [-0.05, 0) is 23.8 Å². The average molecular weight is 290 g/mol. The van der Waals surface area contributed by atoms with Gasteiger partial charge in [-0.2, -0.15) is 0 Å². The number of halogens is 2. The number of carbonyl (C=O) groups excluding carboxylic acids is 1. The third-order valence-electron chi connectivity index (χ3n) is 2.73. The number of rotatable bonds is 4. The molecule has 0 unspecified atom stereocenters. The summed E-state index contributed by atoms with van der Waals surface area (Å²) in [7, 11) is 0. The molecular weight excluding hydrogens is 277 g/mol. The molecule has 0 saturated heterocycles. The zero-order valence-corrected chi connectivity index (χ0v) is 11.4. The standard InChI is InChI=1S/C16H13ClFNO/c17-14-7-3-1-6-13(14)11-19-16(20)10-9-12-5-2-4-8-15(12)18/h1-10H,11H2,(H,19,20)/b10-9+.